The molecule has 2 aromatic rings. The molecule has 0 bridgehead atoms. The van der Waals surface area contributed by atoms with E-state index in [1.165, 1.54) is 22.9 Å². The van der Waals surface area contributed by atoms with Crippen molar-refractivity contribution in [2.45, 2.75) is 25.3 Å². The van der Waals surface area contributed by atoms with E-state index in [0.717, 1.165) is 15.8 Å². The lowest BCUT2D eigenvalue weighted by atomic mass is 10.1. The summed E-state index contributed by atoms with van der Waals surface area (Å²) in [5.41, 5.74) is 2.52. The third-order valence-corrected chi connectivity index (χ3v) is 5.17. The van der Waals surface area contributed by atoms with E-state index in [-0.39, 0.29) is 36.3 Å². The summed E-state index contributed by atoms with van der Waals surface area (Å²) in [6.45, 7) is 7.52. The number of aryl methyl sites for hydroxylation is 2. The van der Waals surface area contributed by atoms with Crippen molar-refractivity contribution in [1.82, 2.24) is 9.78 Å². The minimum absolute atomic E-state index is 0.165. The molecular formula is C19H20N4O3S. The third kappa shape index (κ3) is 3.95. The van der Waals surface area contributed by atoms with Gasteiger partial charge in [0.05, 0.1) is 16.8 Å². The van der Waals surface area contributed by atoms with Crippen molar-refractivity contribution in [3.05, 3.63) is 58.5 Å². The lowest BCUT2D eigenvalue weighted by molar-refractivity contribution is -0.117. The van der Waals surface area contributed by atoms with Gasteiger partial charge in [0, 0.05) is 12.2 Å². The van der Waals surface area contributed by atoms with Gasteiger partial charge in [-0.15, -0.1) is 18.3 Å². The molecule has 0 saturated carbocycles. The van der Waals surface area contributed by atoms with Crippen LogP contribution in [-0.4, -0.2) is 33.9 Å². The van der Waals surface area contributed by atoms with Gasteiger partial charge in [0.15, 0.2) is 0 Å². The van der Waals surface area contributed by atoms with Crippen LogP contribution in [0.4, 0.5) is 11.4 Å². The molecule has 1 aliphatic heterocycles. The van der Waals surface area contributed by atoms with Crippen LogP contribution in [0.5, 0.6) is 0 Å². The first-order valence-electron chi connectivity index (χ1n) is 8.42. The summed E-state index contributed by atoms with van der Waals surface area (Å²) in [4.78, 5) is 39.4. The fraction of sp³-hybridized carbons (Fsp3) is 0.263. The number of benzene rings is 1. The highest BCUT2D eigenvalue weighted by Crippen LogP contribution is 2.31. The molecule has 3 rings (SSSR count). The van der Waals surface area contributed by atoms with Gasteiger partial charge in [-0.25, -0.2) is 4.68 Å². The summed E-state index contributed by atoms with van der Waals surface area (Å²) in [5.74, 6) is -0.275. The summed E-state index contributed by atoms with van der Waals surface area (Å²) in [7, 11) is 0. The Balaban J connectivity index is 1.85. The highest BCUT2D eigenvalue weighted by Gasteiger charge is 2.28. The molecule has 2 heterocycles. The van der Waals surface area contributed by atoms with Gasteiger partial charge in [-0.1, -0.05) is 23.8 Å². The minimum atomic E-state index is -0.467. The van der Waals surface area contributed by atoms with E-state index in [2.05, 4.69) is 17.0 Å². The summed E-state index contributed by atoms with van der Waals surface area (Å²) < 4.78 is 1.08. The molecule has 8 heteroatoms. The van der Waals surface area contributed by atoms with Crippen LogP contribution in [-0.2, 0) is 16.1 Å². The molecule has 0 radical (unpaired) electrons. The van der Waals surface area contributed by atoms with Gasteiger partial charge in [-0.3, -0.25) is 14.4 Å². The molecule has 0 atom stereocenters. The summed E-state index contributed by atoms with van der Waals surface area (Å²) >= 11 is 1.27. The number of nitrogens with zero attached hydrogens (tertiary/aromatic N) is 3. The smallest absolute Gasteiger partial charge is 0.292 e. The van der Waals surface area contributed by atoms with Crippen molar-refractivity contribution in [3.8, 4) is 0 Å². The molecule has 1 aromatic carbocycles. The number of amides is 2. The quantitative estimate of drug-likeness (QED) is 0.799. The van der Waals surface area contributed by atoms with Crippen LogP contribution in [0.25, 0.3) is 0 Å². The molecule has 0 unspecified atom stereocenters. The number of fused-ring (bicyclic) bond motifs is 1. The molecule has 2 amide bonds. The monoisotopic (exact) mass is 384 g/mol. The van der Waals surface area contributed by atoms with Gasteiger partial charge in [0.25, 0.3) is 5.56 Å². The first-order valence-corrected chi connectivity index (χ1v) is 9.40. The fourth-order valence-corrected chi connectivity index (χ4v) is 3.76. The number of anilines is 2. The van der Waals surface area contributed by atoms with Crippen LogP contribution in [0.3, 0.4) is 0 Å². The minimum Gasteiger partial charge on any atom is -0.324 e. The predicted octanol–water partition coefficient (Wildman–Crippen LogP) is 2.12. The zero-order chi connectivity index (χ0) is 19.6. The van der Waals surface area contributed by atoms with E-state index in [9.17, 15) is 14.4 Å². The van der Waals surface area contributed by atoms with E-state index in [4.69, 9.17) is 0 Å². The Kier molecular flexibility index (Phi) is 5.46. The lowest BCUT2D eigenvalue weighted by Crippen LogP contribution is -2.42. The van der Waals surface area contributed by atoms with E-state index in [0.29, 0.717) is 10.6 Å². The van der Waals surface area contributed by atoms with E-state index in [1.54, 1.807) is 6.08 Å². The van der Waals surface area contributed by atoms with Crippen LogP contribution >= 0.6 is 11.8 Å². The number of thioether (sulfide) groups is 1. The van der Waals surface area contributed by atoms with Gasteiger partial charge in [0.2, 0.25) is 11.8 Å². The van der Waals surface area contributed by atoms with Crippen molar-refractivity contribution < 1.29 is 9.59 Å². The molecule has 0 saturated heterocycles. The number of hydrogen-bond acceptors (Lipinski definition) is 5. The summed E-state index contributed by atoms with van der Waals surface area (Å²) in [6, 6.07) is 5.70. The zero-order valence-corrected chi connectivity index (χ0v) is 16.0. The summed E-state index contributed by atoms with van der Waals surface area (Å²) in [5, 5.41) is 6.89. The molecule has 0 fully saturated rings. The second-order valence-electron chi connectivity index (χ2n) is 6.27. The first kappa shape index (κ1) is 18.9. The number of hydrogen-bond donors (Lipinski definition) is 1. The Hall–Kier alpha value is -2.87. The van der Waals surface area contributed by atoms with Crippen LogP contribution in [0, 0.1) is 13.8 Å². The third-order valence-electron chi connectivity index (χ3n) is 4.17. The highest BCUT2D eigenvalue weighted by molar-refractivity contribution is 8.00. The van der Waals surface area contributed by atoms with Gasteiger partial charge < -0.3 is 10.2 Å². The van der Waals surface area contributed by atoms with Crippen LogP contribution < -0.4 is 15.8 Å². The standard InChI is InChI=1S/C19H20N4O3S/c1-4-7-22-17(25)11-27-15-9-20-23(19(26)18(15)22)10-16(24)21-14-6-5-12(2)8-13(14)3/h4-6,8-9H,1,7,10-11H2,2-3H3,(H,21,24). The summed E-state index contributed by atoms with van der Waals surface area (Å²) in [6.07, 6.45) is 3.09. The Bertz CT molecular complexity index is 983. The van der Waals surface area contributed by atoms with Crippen molar-refractivity contribution in [2.75, 3.05) is 22.5 Å². The van der Waals surface area contributed by atoms with E-state index in [1.807, 2.05) is 32.0 Å². The Labute approximate surface area is 161 Å². The Morgan fingerprint density at radius 1 is 1.37 bits per heavy atom. The van der Waals surface area contributed by atoms with Crippen LogP contribution in [0.15, 0.2) is 46.7 Å². The average Bonchev–Trinajstić information content (AvgIpc) is 2.62. The van der Waals surface area contributed by atoms with Gasteiger partial charge in [0.1, 0.15) is 12.2 Å². The first-order chi connectivity index (χ1) is 12.9. The molecule has 0 spiro atoms. The van der Waals surface area contributed by atoms with E-state index >= 15 is 0 Å². The molecule has 1 aromatic heterocycles. The van der Waals surface area contributed by atoms with E-state index < -0.39 is 5.56 Å². The Morgan fingerprint density at radius 3 is 2.85 bits per heavy atom. The second-order valence-corrected chi connectivity index (χ2v) is 7.29. The number of aromatic nitrogens is 2. The van der Waals surface area contributed by atoms with Crippen molar-refractivity contribution in [3.63, 3.8) is 0 Å². The molecule has 27 heavy (non-hydrogen) atoms. The number of carbonyl (C=O) groups is 2. The fourth-order valence-electron chi connectivity index (χ4n) is 2.87. The maximum Gasteiger partial charge on any atom is 0.292 e. The highest BCUT2D eigenvalue weighted by atomic mass is 32.2. The molecule has 1 N–H and O–H groups in total. The average molecular weight is 384 g/mol. The SMILES string of the molecule is C=CCN1C(=O)CSc2cnn(CC(=O)Nc3ccc(C)cc3C)c(=O)c21. The van der Waals surface area contributed by atoms with Gasteiger partial charge >= 0.3 is 0 Å². The van der Waals surface area contributed by atoms with Crippen molar-refractivity contribution >= 4 is 35.0 Å². The molecule has 7 nitrogen and oxygen atoms in total. The molecular weight excluding hydrogens is 364 g/mol. The normalized spacial score (nSPS) is 13.3. The van der Waals surface area contributed by atoms with Gasteiger partial charge in [-0.2, -0.15) is 5.10 Å². The van der Waals surface area contributed by atoms with Gasteiger partial charge in [-0.05, 0) is 25.5 Å². The molecule has 1 aliphatic rings. The largest absolute Gasteiger partial charge is 0.324 e. The maximum absolute atomic E-state index is 12.8. The number of nitrogens with one attached hydrogen (secondary N) is 1. The predicted molar refractivity (Wildman–Crippen MR) is 106 cm³/mol. The van der Waals surface area contributed by atoms with Crippen LogP contribution in [0.2, 0.25) is 0 Å². The number of carbonyl (C=O) groups excluding carboxylic acids is 2. The molecule has 140 valence electrons. The van der Waals surface area contributed by atoms with Crippen molar-refractivity contribution in [1.29, 1.82) is 0 Å². The zero-order valence-electron chi connectivity index (χ0n) is 15.2. The maximum atomic E-state index is 12.8. The molecule has 0 aliphatic carbocycles. The Morgan fingerprint density at radius 2 is 2.15 bits per heavy atom. The number of rotatable bonds is 5. The second kappa shape index (κ2) is 7.79. The topological polar surface area (TPSA) is 84.3 Å². The van der Waals surface area contributed by atoms with Crippen molar-refractivity contribution in [2.24, 2.45) is 0 Å². The van der Waals surface area contributed by atoms with Crippen LogP contribution in [0.1, 0.15) is 11.1 Å². The lowest BCUT2D eigenvalue weighted by Gasteiger charge is -2.27.